The summed E-state index contributed by atoms with van der Waals surface area (Å²) in [6.07, 6.45) is 13.8. The van der Waals surface area contributed by atoms with Gasteiger partial charge in [0.15, 0.2) is 0 Å². The highest BCUT2D eigenvalue weighted by Gasteiger charge is 2.25. The Balaban J connectivity index is 1.88. The Morgan fingerprint density at radius 1 is 1.14 bits per heavy atom. The van der Waals surface area contributed by atoms with Crippen LogP contribution in [0.25, 0.3) is 11.4 Å². The van der Waals surface area contributed by atoms with E-state index in [1.54, 1.807) is 0 Å². The standard InChI is InChI=1S/C25H38ClN3/c1-3-4-16-23(28(2)20-21-12-7-5-8-13-21)24-19-27-25(29(24)18-11-17-26)22-14-9-6-10-15-22/h6,9-10,14-15,19,21,23H,3-5,7-8,11-13,16-18,20H2,1-2H3. The molecule has 1 fully saturated rings. The van der Waals surface area contributed by atoms with Crippen LogP contribution < -0.4 is 0 Å². The van der Waals surface area contributed by atoms with E-state index < -0.39 is 0 Å². The fourth-order valence-corrected chi connectivity index (χ4v) is 4.94. The van der Waals surface area contributed by atoms with Gasteiger partial charge in [-0.05, 0) is 38.6 Å². The van der Waals surface area contributed by atoms with E-state index in [0.29, 0.717) is 11.9 Å². The Kier molecular flexibility index (Phi) is 9.07. The molecule has 1 aromatic carbocycles. The van der Waals surface area contributed by atoms with Crippen molar-refractivity contribution in [2.75, 3.05) is 19.5 Å². The van der Waals surface area contributed by atoms with Gasteiger partial charge in [0.05, 0.1) is 17.9 Å². The summed E-state index contributed by atoms with van der Waals surface area (Å²) in [5.41, 5.74) is 2.55. The molecule has 160 valence electrons. The lowest BCUT2D eigenvalue weighted by atomic mass is 9.88. The van der Waals surface area contributed by atoms with Crippen molar-refractivity contribution in [3.8, 4) is 11.4 Å². The first-order valence-corrected chi connectivity index (χ1v) is 12.1. The van der Waals surface area contributed by atoms with E-state index in [0.717, 1.165) is 24.7 Å². The summed E-state index contributed by atoms with van der Waals surface area (Å²) >= 11 is 6.08. The average Bonchev–Trinajstić information content (AvgIpc) is 3.17. The molecular formula is C25H38ClN3. The summed E-state index contributed by atoms with van der Waals surface area (Å²) in [6.45, 7) is 4.43. The number of benzene rings is 1. The number of imidazole rings is 1. The molecule has 1 aromatic heterocycles. The van der Waals surface area contributed by atoms with Gasteiger partial charge in [0.2, 0.25) is 0 Å². The molecule has 3 nitrogen and oxygen atoms in total. The molecule has 1 atom stereocenters. The molecule has 2 aromatic rings. The molecule has 0 N–H and O–H groups in total. The number of aromatic nitrogens is 2. The SMILES string of the molecule is CCCCC(c1cnc(-c2ccccc2)n1CCCCl)N(C)CC1CCCCC1. The normalized spacial score (nSPS) is 16.4. The second kappa shape index (κ2) is 11.8. The molecule has 29 heavy (non-hydrogen) atoms. The van der Waals surface area contributed by atoms with Crippen molar-refractivity contribution in [2.24, 2.45) is 5.92 Å². The van der Waals surface area contributed by atoms with Gasteiger partial charge in [-0.1, -0.05) is 69.4 Å². The average molecular weight is 416 g/mol. The summed E-state index contributed by atoms with van der Waals surface area (Å²) in [5, 5.41) is 0. The van der Waals surface area contributed by atoms with Crippen LogP contribution in [0.4, 0.5) is 0 Å². The molecule has 0 aliphatic heterocycles. The molecule has 0 radical (unpaired) electrons. The lowest BCUT2D eigenvalue weighted by Crippen LogP contribution is -2.32. The molecule has 4 heteroatoms. The number of unbranched alkanes of at least 4 members (excludes halogenated alkanes) is 1. The van der Waals surface area contributed by atoms with Crippen molar-refractivity contribution in [3.05, 3.63) is 42.2 Å². The minimum atomic E-state index is 0.428. The highest BCUT2D eigenvalue weighted by atomic mass is 35.5. The summed E-state index contributed by atoms with van der Waals surface area (Å²) in [5.74, 6) is 2.62. The van der Waals surface area contributed by atoms with Gasteiger partial charge in [-0.2, -0.15) is 0 Å². The van der Waals surface area contributed by atoms with Crippen molar-refractivity contribution in [2.45, 2.75) is 77.3 Å². The van der Waals surface area contributed by atoms with E-state index in [1.165, 1.54) is 69.2 Å². The molecule has 1 saturated carbocycles. The molecule has 0 bridgehead atoms. The van der Waals surface area contributed by atoms with Gasteiger partial charge < -0.3 is 4.57 Å². The Morgan fingerprint density at radius 2 is 1.90 bits per heavy atom. The molecule has 0 saturated heterocycles. The van der Waals surface area contributed by atoms with Gasteiger partial charge in [-0.25, -0.2) is 4.98 Å². The number of hydrogen-bond acceptors (Lipinski definition) is 2. The zero-order valence-corrected chi connectivity index (χ0v) is 19.1. The van der Waals surface area contributed by atoms with Crippen molar-refractivity contribution < 1.29 is 0 Å². The van der Waals surface area contributed by atoms with Crippen LogP contribution in [0.15, 0.2) is 36.5 Å². The van der Waals surface area contributed by atoms with Crippen LogP contribution in [-0.2, 0) is 6.54 Å². The second-order valence-corrected chi connectivity index (χ2v) is 9.05. The quantitative estimate of drug-likeness (QED) is 0.371. The summed E-state index contributed by atoms with van der Waals surface area (Å²) in [4.78, 5) is 7.51. The van der Waals surface area contributed by atoms with Gasteiger partial charge in [0.25, 0.3) is 0 Å². The van der Waals surface area contributed by atoms with Crippen LogP contribution in [0.3, 0.4) is 0 Å². The van der Waals surface area contributed by atoms with Crippen molar-refractivity contribution in [1.29, 1.82) is 0 Å². The number of halogens is 1. The van der Waals surface area contributed by atoms with Crippen LogP contribution in [0, 0.1) is 5.92 Å². The summed E-state index contributed by atoms with van der Waals surface area (Å²) in [6, 6.07) is 11.0. The third-order valence-corrected chi connectivity index (χ3v) is 6.68. The van der Waals surface area contributed by atoms with Gasteiger partial charge in [-0.15, -0.1) is 11.6 Å². The second-order valence-electron chi connectivity index (χ2n) is 8.67. The number of rotatable bonds is 11. The summed E-state index contributed by atoms with van der Waals surface area (Å²) in [7, 11) is 2.33. The smallest absolute Gasteiger partial charge is 0.140 e. The molecule has 3 rings (SSSR count). The zero-order chi connectivity index (χ0) is 20.5. The maximum absolute atomic E-state index is 6.08. The molecule has 1 heterocycles. The van der Waals surface area contributed by atoms with Gasteiger partial charge >= 0.3 is 0 Å². The fourth-order valence-electron chi connectivity index (χ4n) is 4.82. The van der Waals surface area contributed by atoms with Crippen LogP contribution in [0.5, 0.6) is 0 Å². The van der Waals surface area contributed by atoms with E-state index >= 15 is 0 Å². The molecule has 1 aliphatic rings. The number of alkyl halides is 1. The van der Waals surface area contributed by atoms with E-state index in [9.17, 15) is 0 Å². The summed E-state index contributed by atoms with van der Waals surface area (Å²) < 4.78 is 2.44. The predicted octanol–water partition coefficient (Wildman–Crippen LogP) is 6.92. The van der Waals surface area contributed by atoms with Gasteiger partial charge in [-0.3, -0.25) is 4.90 Å². The Labute approximate surface area is 182 Å². The third-order valence-electron chi connectivity index (χ3n) is 6.41. The Hall–Kier alpha value is -1.32. The first-order chi connectivity index (χ1) is 14.2. The van der Waals surface area contributed by atoms with Gasteiger partial charge in [0.1, 0.15) is 5.82 Å². The molecule has 1 aliphatic carbocycles. The van der Waals surface area contributed by atoms with Crippen molar-refractivity contribution >= 4 is 11.6 Å². The van der Waals surface area contributed by atoms with Crippen LogP contribution >= 0.6 is 11.6 Å². The van der Waals surface area contributed by atoms with Crippen molar-refractivity contribution in [3.63, 3.8) is 0 Å². The van der Waals surface area contributed by atoms with Crippen LogP contribution in [-0.4, -0.2) is 33.9 Å². The predicted molar refractivity (Wildman–Crippen MR) is 124 cm³/mol. The fraction of sp³-hybridized carbons (Fsp3) is 0.640. The van der Waals surface area contributed by atoms with E-state index in [-0.39, 0.29) is 0 Å². The Bertz CT molecular complexity index is 706. The first-order valence-electron chi connectivity index (χ1n) is 11.6. The van der Waals surface area contributed by atoms with E-state index in [2.05, 4.69) is 60.0 Å². The largest absolute Gasteiger partial charge is 0.327 e. The topological polar surface area (TPSA) is 21.1 Å². The maximum Gasteiger partial charge on any atom is 0.140 e. The van der Waals surface area contributed by atoms with Crippen LogP contribution in [0.2, 0.25) is 0 Å². The number of hydrogen-bond donors (Lipinski definition) is 0. The van der Waals surface area contributed by atoms with Crippen LogP contribution in [0.1, 0.15) is 76.4 Å². The van der Waals surface area contributed by atoms with Crippen molar-refractivity contribution in [1.82, 2.24) is 14.5 Å². The molecule has 1 unspecified atom stereocenters. The van der Waals surface area contributed by atoms with E-state index in [4.69, 9.17) is 16.6 Å². The maximum atomic E-state index is 6.08. The monoisotopic (exact) mass is 415 g/mol. The number of nitrogens with zero attached hydrogens (tertiary/aromatic N) is 3. The Morgan fingerprint density at radius 3 is 2.59 bits per heavy atom. The van der Waals surface area contributed by atoms with Gasteiger partial charge in [0, 0.05) is 24.5 Å². The minimum absolute atomic E-state index is 0.428. The highest BCUT2D eigenvalue weighted by molar-refractivity contribution is 6.17. The molecule has 0 spiro atoms. The lowest BCUT2D eigenvalue weighted by molar-refractivity contribution is 0.167. The molecular weight excluding hydrogens is 378 g/mol. The third kappa shape index (κ3) is 6.08. The molecule has 0 amide bonds. The minimum Gasteiger partial charge on any atom is -0.327 e. The van der Waals surface area contributed by atoms with E-state index in [1.807, 2.05) is 0 Å². The lowest BCUT2D eigenvalue weighted by Gasteiger charge is -2.33. The highest BCUT2D eigenvalue weighted by Crippen LogP contribution is 2.32. The first kappa shape index (κ1) is 22.4. The zero-order valence-electron chi connectivity index (χ0n) is 18.3.